The molecular formula is C30H27Cl2F2N3O3. The number of carbonyl (C=O) groups excluding carboxylic acids is 2. The van der Waals surface area contributed by atoms with E-state index in [0.717, 1.165) is 17.2 Å². The summed E-state index contributed by atoms with van der Waals surface area (Å²) in [5.74, 6) is -1.42. The van der Waals surface area contributed by atoms with Gasteiger partial charge in [-0.3, -0.25) is 4.90 Å². The summed E-state index contributed by atoms with van der Waals surface area (Å²) in [6, 6.07) is 11.6. The lowest BCUT2D eigenvalue weighted by molar-refractivity contribution is 0.0270. The monoisotopic (exact) mass is 585 g/mol. The van der Waals surface area contributed by atoms with Crippen LogP contribution < -0.4 is 10.2 Å². The molecule has 6 nitrogen and oxygen atoms in total. The minimum Gasteiger partial charge on any atom is -0.444 e. The molecule has 0 aliphatic carbocycles. The molecule has 0 radical (unpaired) electrons. The molecule has 5 rings (SSSR count). The van der Waals surface area contributed by atoms with Gasteiger partial charge >= 0.3 is 12.1 Å². The van der Waals surface area contributed by atoms with E-state index in [1.165, 1.54) is 17.0 Å². The highest BCUT2D eigenvalue weighted by molar-refractivity contribution is 6.40. The molecule has 0 saturated carbocycles. The summed E-state index contributed by atoms with van der Waals surface area (Å²) in [5, 5.41) is 3.35. The molecule has 1 N–H and O–H groups in total. The lowest BCUT2D eigenvalue weighted by Crippen LogP contribution is -2.42. The van der Waals surface area contributed by atoms with Gasteiger partial charge < -0.3 is 15.0 Å². The maximum Gasteiger partial charge on any atom is 0.410 e. The Hall–Kier alpha value is -3.62. The maximum atomic E-state index is 15.1. The van der Waals surface area contributed by atoms with Crippen LogP contribution in [-0.2, 0) is 11.3 Å². The maximum absolute atomic E-state index is 15.1. The fourth-order valence-corrected chi connectivity index (χ4v) is 5.44. The molecule has 0 unspecified atom stereocenters. The van der Waals surface area contributed by atoms with Crippen LogP contribution in [-0.4, -0.2) is 35.7 Å². The fraction of sp³-hybridized carbons (Fsp3) is 0.267. The Morgan fingerprint density at radius 3 is 2.38 bits per heavy atom. The third kappa shape index (κ3) is 5.51. The molecule has 0 saturated heterocycles. The van der Waals surface area contributed by atoms with Crippen LogP contribution in [0.1, 0.15) is 38.3 Å². The third-order valence-corrected chi connectivity index (χ3v) is 7.31. The first-order chi connectivity index (χ1) is 18.9. The predicted molar refractivity (Wildman–Crippen MR) is 153 cm³/mol. The second-order valence-corrected chi connectivity index (χ2v) is 11.4. The number of nitrogens with one attached hydrogen (secondary N) is 1. The summed E-state index contributed by atoms with van der Waals surface area (Å²) in [5.41, 5.74) is 3.09. The standard InChI is InChI=1S/C30H27Cl2F2N3O3/c1-30(2,3)40-29(39)36-11-9-17(10-12-36)18-13-21(20-8-7-19(33)15-25(20)34)22-16-35-28(38)37(26(22)14-18)27-23(31)5-4-6-24(27)32/h4-9,13-15H,10-12,16H2,1-3H3,(H,35,38). The number of hydrogen-bond donors (Lipinski definition) is 1. The van der Waals surface area contributed by atoms with E-state index in [2.05, 4.69) is 5.32 Å². The average molecular weight is 586 g/mol. The van der Waals surface area contributed by atoms with Gasteiger partial charge in [-0.05, 0) is 80.3 Å². The average Bonchev–Trinajstić information content (AvgIpc) is 2.88. The van der Waals surface area contributed by atoms with Crippen LogP contribution in [0.25, 0.3) is 16.7 Å². The van der Waals surface area contributed by atoms with Crippen molar-refractivity contribution < 1.29 is 23.1 Å². The Balaban J connectivity index is 1.65. The van der Waals surface area contributed by atoms with E-state index in [-0.39, 0.29) is 22.2 Å². The molecule has 3 aromatic carbocycles. The van der Waals surface area contributed by atoms with Crippen molar-refractivity contribution in [2.45, 2.75) is 39.3 Å². The fourth-order valence-electron chi connectivity index (χ4n) is 4.88. The zero-order chi connectivity index (χ0) is 28.8. The van der Waals surface area contributed by atoms with Crippen molar-refractivity contribution in [1.29, 1.82) is 0 Å². The number of para-hydroxylation sites is 1. The van der Waals surface area contributed by atoms with E-state index in [9.17, 15) is 14.0 Å². The minimum absolute atomic E-state index is 0.116. The smallest absolute Gasteiger partial charge is 0.410 e. The second-order valence-electron chi connectivity index (χ2n) is 10.6. The van der Waals surface area contributed by atoms with Crippen molar-refractivity contribution in [2.24, 2.45) is 0 Å². The van der Waals surface area contributed by atoms with E-state index < -0.39 is 29.4 Å². The lowest BCUT2D eigenvalue weighted by Gasteiger charge is -2.34. The van der Waals surface area contributed by atoms with E-state index in [1.807, 2.05) is 39.0 Å². The van der Waals surface area contributed by atoms with Crippen LogP contribution in [0.2, 0.25) is 10.0 Å². The third-order valence-electron chi connectivity index (χ3n) is 6.70. The van der Waals surface area contributed by atoms with Crippen molar-refractivity contribution >= 4 is 52.3 Å². The largest absolute Gasteiger partial charge is 0.444 e. The molecule has 3 amide bonds. The number of fused-ring (bicyclic) bond motifs is 1. The van der Waals surface area contributed by atoms with Crippen LogP contribution in [0, 0.1) is 11.6 Å². The molecule has 2 aliphatic heterocycles. The molecule has 3 aromatic rings. The molecule has 0 bridgehead atoms. The quantitative estimate of drug-likeness (QED) is 0.336. The summed E-state index contributed by atoms with van der Waals surface area (Å²) in [7, 11) is 0. The van der Waals surface area contributed by atoms with Crippen LogP contribution in [0.15, 0.2) is 54.6 Å². The van der Waals surface area contributed by atoms with Crippen molar-refractivity contribution in [3.63, 3.8) is 0 Å². The van der Waals surface area contributed by atoms with Crippen LogP contribution in [0.3, 0.4) is 0 Å². The first-order valence-electron chi connectivity index (χ1n) is 12.7. The topological polar surface area (TPSA) is 61.9 Å². The van der Waals surface area contributed by atoms with Crippen molar-refractivity contribution in [1.82, 2.24) is 10.2 Å². The number of carbonyl (C=O) groups is 2. The molecular weight excluding hydrogens is 559 g/mol. The van der Waals surface area contributed by atoms with Gasteiger partial charge in [0.15, 0.2) is 0 Å². The molecule has 2 heterocycles. The van der Waals surface area contributed by atoms with Crippen LogP contribution in [0.5, 0.6) is 0 Å². The summed E-state index contributed by atoms with van der Waals surface area (Å²) in [4.78, 5) is 28.8. The molecule has 0 spiro atoms. The zero-order valence-corrected chi connectivity index (χ0v) is 23.7. The van der Waals surface area contributed by atoms with Gasteiger partial charge in [0.1, 0.15) is 17.2 Å². The molecule has 0 fully saturated rings. The normalized spacial score (nSPS) is 15.4. The van der Waals surface area contributed by atoms with Crippen LogP contribution in [0.4, 0.5) is 29.7 Å². The summed E-state index contributed by atoms with van der Waals surface area (Å²) < 4.78 is 34.4. The Labute approximate surface area is 241 Å². The van der Waals surface area contributed by atoms with Gasteiger partial charge in [0.05, 0.1) is 21.4 Å². The number of nitrogens with zero attached hydrogens (tertiary/aromatic N) is 2. The first kappa shape index (κ1) is 27.9. The summed E-state index contributed by atoms with van der Waals surface area (Å²) in [6.45, 7) is 6.29. The van der Waals surface area contributed by atoms with Gasteiger partial charge in [-0.15, -0.1) is 0 Å². The number of benzene rings is 3. The number of halogens is 4. The summed E-state index contributed by atoms with van der Waals surface area (Å²) in [6.07, 6.45) is 2.01. The van der Waals surface area contributed by atoms with Gasteiger partial charge in [-0.25, -0.2) is 18.4 Å². The van der Waals surface area contributed by atoms with E-state index >= 15 is 4.39 Å². The second kappa shape index (κ2) is 10.7. The number of ether oxygens (including phenoxy) is 1. The summed E-state index contributed by atoms with van der Waals surface area (Å²) >= 11 is 13.0. The Morgan fingerprint density at radius 2 is 1.75 bits per heavy atom. The zero-order valence-electron chi connectivity index (χ0n) is 22.2. The number of hydrogen-bond acceptors (Lipinski definition) is 3. The molecule has 10 heteroatoms. The van der Waals surface area contributed by atoms with Gasteiger partial charge in [-0.2, -0.15) is 0 Å². The van der Waals surface area contributed by atoms with Gasteiger partial charge in [0, 0.05) is 36.8 Å². The van der Waals surface area contributed by atoms with Gasteiger partial charge in [0.25, 0.3) is 0 Å². The molecule has 0 aromatic heterocycles. The Bertz CT molecular complexity index is 1530. The highest BCUT2D eigenvalue weighted by Crippen LogP contribution is 2.45. The minimum atomic E-state index is -0.729. The molecule has 40 heavy (non-hydrogen) atoms. The molecule has 0 atom stereocenters. The van der Waals surface area contributed by atoms with Crippen molar-refractivity contribution in [3.8, 4) is 11.1 Å². The van der Waals surface area contributed by atoms with E-state index in [1.54, 1.807) is 23.1 Å². The highest BCUT2D eigenvalue weighted by Gasteiger charge is 2.32. The van der Waals surface area contributed by atoms with E-state index in [0.29, 0.717) is 42.0 Å². The van der Waals surface area contributed by atoms with Crippen molar-refractivity contribution in [3.05, 3.63) is 87.4 Å². The number of amides is 3. The van der Waals surface area contributed by atoms with E-state index in [4.69, 9.17) is 27.9 Å². The molecule has 208 valence electrons. The lowest BCUT2D eigenvalue weighted by atomic mass is 9.89. The number of anilines is 2. The van der Waals surface area contributed by atoms with Crippen LogP contribution >= 0.6 is 23.2 Å². The predicted octanol–water partition coefficient (Wildman–Crippen LogP) is 8.32. The highest BCUT2D eigenvalue weighted by atomic mass is 35.5. The Kier molecular flexibility index (Phi) is 7.50. The SMILES string of the molecule is CC(C)(C)OC(=O)N1CC=C(c2cc(-c3ccc(F)cc3F)c3c(c2)N(c2c(Cl)cccc2Cl)C(=O)NC3)CC1. The van der Waals surface area contributed by atoms with Crippen molar-refractivity contribution in [2.75, 3.05) is 18.0 Å². The Morgan fingerprint density at radius 1 is 1.02 bits per heavy atom. The molecule has 2 aliphatic rings. The van der Waals surface area contributed by atoms with Gasteiger partial charge in [0.2, 0.25) is 0 Å². The van der Waals surface area contributed by atoms with Gasteiger partial charge in [-0.1, -0.05) is 35.3 Å². The number of rotatable bonds is 3. The first-order valence-corrected chi connectivity index (χ1v) is 13.5. The number of urea groups is 1.